The Hall–Kier alpha value is -1.53. The van der Waals surface area contributed by atoms with Crippen molar-refractivity contribution in [3.05, 3.63) is 35.4 Å². The molecular formula is C25H39N3O2S. The van der Waals surface area contributed by atoms with Crippen molar-refractivity contribution in [2.24, 2.45) is 5.92 Å². The van der Waals surface area contributed by atoms with Crippen LogP contribution in [0.4, 0.5) is 0 Å². The van der Waals surface area contributed by atoms with Crippen LogP contribution in [0.1, 0.15) is 64.5 Å². The van der Waals surface area contributed by atoms with Crippen molar-refractivity contribution in [3.8, 4) is 0 Å². The molecule has 2 aliphatic heterocycles. The van der Waals surface area contributed by atoms with Gasteiger partial charge < -0.3 is 9.80 Å². The Morgan fingerprint density at radius 3 is 2.19 bits per heavy atom. The first kappa shape index (κ1) is 24.1. The van der Waals surface area contributed by atoms with Crippen LogP contribution in [-0.2, 0) is 15.0 Å². The second-order valence-corrected chi connectivity index (χ2v) is 11.4. The molecule has 2 amide bonds. The van der Waals surface area contributed by atoms with Gasteiger partial charge in [-0.25, -0.2) is 0 Å². The first-order chi connectivity index (χ1) is 14.6. The smallest absolute Gasteiger partial charge is 0.236 e. The first-order valence-corrected chi connectivity index (χ1v) is 12.6. The molecule has 0 aliphatic carbocycles. The molecule has 0 N–H and O–H groups in total. The molecule has 2 saturated heterocycles. The van der Waals surface area contributed by atoms with E-state index in [0.29, 0.717) is 0 Å². The van der Waals surface area contributed by atoms with Crippen LogP contribution in [0, 0.1) is 5.92 Å². The Bertz CT molecular complexity index is 764. The largest absolute Gasteiger partial charge is 0.340 e. The molecule has 1 aromatic rings. The molecule has 2 aliphatic rings. The van der Waals surface area contributed by atoms with E-state index in [1.54, 1.807) is 11.8 Å². The van der Waals surface area contributed by atoms with Gasteiger partial charge in [0.25, 0.3) is 0 Å². The molecule has 2 fully saturated rings. The van der Waals surface area contributed by atoms with Gasteiger partial charge in [-0.1, -0.05) is 65.8 Å². The Morgan fingerprint density at radius 2 is 1.68 bits per heavy atom. The van der Waals surface area contributed by atoms with Gasteiger partial charge in [-0.2, -0.15) is 0 Å². The van der Waals surface area contributed by atoms with Crippen molar-refractivity contribution < 1.29 is 9.59 Å². The van der Waals surface area contributed by atoms with Gasteiger partial charge in [0.05, 0.1) is 5.25 Å². The number of amides is 2. The Labute approximate surface area is 192 Å². The highest BCUT2D eigenvalue weighted by Gasteiger charge is 2.40. The van der Waals surface area contributed by atoms with Gasteiger partial charge in [-0.3, -0.25) is 14.5 Å². The molecule has 6 heteroatoms. The molecule has 0 unspecified atom stereocenters. The molecule has 2 heterocycles. The summed E-state index contributed by atoms with van der Waals surface area (Å²) in [7, 11) is 0. The van der Waals surface area contributed by atoms with Crippen LogP contribution in [0.5, 0.6) is 0 Å². The third-order valence-electron chi connectivity index (χ3n) is 6.40. The maximum absolute atomic E-state index is 13.1. The lowest BCUT2D eigenvalue weighted by Crippen LogP contribution is -2.51. The van der Waals surface area contributed by atoms with Gasteiger partial charge in [-0.15, -0.1) is 11.8 Å². The lowest BCUT2D eigenvalue weighted by atomic mass is 9.86. The Morgan fingerprint density at radius 1 is 1.06 bits per heavy atom. The molecule has 0 aromatic heterocycles. The van der Waals surface area contributed by atoms with Gasteiger partial charge in [0.15, 0.2) is 0 Å². The van der Waals surface area contributed by atoms with Crippen LogP contribution in [0.15, 0.2) is 24.3 Å². The fourth-order valence-corrected chi connectivity index (χ4v) is 5.72. The third-order valence-corrected chi connectivity index (χ3v) is 8.05. The fourth-order valence-electron chi connectivity index (χ4n) is 4.30. The molecule has 0 spiro atoms. The summed E-state index contributed by atoms with van der Waals surface area (Å²) in [5.41, 5.74) is 2.66. The minimum atomic E-state index is 0.0489. The van der Waals surface area contributed by atoms with Crippen molar-refractivity contribution in [1.82, 2.24) is 14.7 Å². The molecule has 0 bridgehead atoms. The summed E-state index contributed by atoms with van der Waals surface area (Å²) in [5.74, 6) is 0.573. The van der Waals surface area contributed by atoms with Crippen LogP contribution in [-0.4, -0.2) is 71.0 Å². The molecule has 2 atom stereocenters. The molecule has 0 radical (unpaired) electrons. The predicted octanol–water partition coefficient (Wildman–Crippen LogP) is 4.14. The van der Waals surface area contributed by atoms with E-state index in [-0.39, 0.29) is 33.8 Å². The Kier molecular flexibility index (Phi) is 7.74. The topological polar surface area (TPSA) is 43.9 Å². The lowest BCUT2D eigenvalue weighted by Gasteiger charge is -2.36. The van der Waals surface area contributed by atoms with E-state index in [9.17, 15) is 9.59 Å². The number of carbonyl (C=O) groups is 2. The van der Waals surface area contributed by atoms with Crippen molar-refractivity contribution in [3.63, 3.8) is 0 Å². The SMILES string of the molecule is CC[C@H]1S[C@H](c2ccc(C(C)(C)C)cc2)N(CCN2CCN(C(=O)C(C)C)CC2)C1=O. The monoisotopic (exact) mass is 445 g/mol. The van der Waals surface area contributed by atoms with Crippen molar-refractivity contribution in [2.45, 2.75) is 64.0 Å². The van der Waals surface area contributed by atoms with E-state index in [4.69, 9.17) is 0 Å². The van der Waals surface area contributed by atoms with Crippen molar-refractivity contribution >= 4 is 23.6 Å². The number of piperazine rings is 1. The van der Waals surface area contributed by atoms with Crippen LogP contribution in [0.25, 0.3) is 0 Å². The summed E-state index contributed by atoms with van der Waals surface area (Å²) >= 11 is 1.79. The van der Waals surface area contributed by atoms with Gasteiger partial charge in [0, 0.05) is 45.2 Å². The summed E-state index contributed by atoms with van der Waals surface area (Å²) in [6, 6.07) is 8.82. The Balaban J connectivity index is 1.63. The average Bonchev–Trinajstić information content (AvgIpc) is 3.07. The van der Waals surface area contributed by atoms with Crippen molar-refractivity contribution in [1.29, 1.82) is 0 Å². The molecule has 172 valence electrons. The second-order valence-electron chi connectivity index (χ2n) is 10.1. The number of thioether (sulfide) groups is 1. The molecule has 1 aromatic carbocycles. The zero-order valence-electron chi connectivity index (χ0n) is 20.1. The minimum absolute atomic E-state index is 0.0489. The van der Waals surface area contributed by atoms with E-state index in [0.717, 1.165) is 45.7 Å². The first-order valence-electron chi connectivity index (χ1n) is 11.7. The highest BCUT2D eigenvalue weighted by Crippen LogP contribution is 2.44. The van der Waals surface area contributed by atoms with E-state index in [2.05, 4.69) is 61.8 Å². The van der Waals surface area contributed by atoms with E-state index >= 15 is 0 Å². The van der Waals surface area contributed by atoms with Crippen LogP contribution < -0.4 is 0 Å². The highest BCUT2D eigenvalue weighted by molar-refractivity contribution is 8.01. The van der Waals surface area contributed by atoms with Crippen LogP contribution >= 0.6 is 11.8 Å². The third kappa shape index (κ3) is 5.64. The zero-order chi connectivity index (χ0) is 22.8. The van der Waals surface area contributed by atoms with E-state index in [1.165, 1.54) is 11.1 Å². The molecule has 0 saturated carbocycles. The molecule has 5 nitrogen and oxygen atoms in total. The summed E-state index contributed by atoms with van der Waals surface area (Å²) in [5, 5.41) is 0.142. The predicted molar refractivity (Wildman–Crippen MR) is 129 cm³/mol. The van der Waals surface area contributed by atoms with E-state index < -0.39 is 0 Å². The molecule has 3 rings (SSSR count). The normalized spacial score (nSPS) is 23.1. The number of nitrogens with zero attached hydrogens (tertiary/aromatic N) is 3. The standard InChI is InChI=1S/C25H39N3O2S/c1-7-21-23(30)28(17-14-26-12-15-27(16-13-26)22(29)18(2)3)24(31-21)19-8-10-20(11-9-19)25(4,5)6/h8-11,18,21,24H,7,12-17H2,1-6H3/t21-,24-/m1/s1. The van der Waals surface area contributed by atoms with E-state index in [1.807, 2.05) is 18.7 Å². The van der Waals surface area contributed by atoms with Crippen molar-refractivity contribution in [2.75, 3.05) is 39.3 Å². The van der Waals surface area contributed by atoms with Crippen LogP contribution in [0.3, 0.4) is 0 Å². The van der Waals surface area contributed by atoms with Gasteiger partial charge in [0.1, 0.15) is 5.37 Å². The van der Waals surface area contributed by atoms with Crippen LogP contribution in [0.2, 0.25) is 0 Å². The number of rotatable bonds is 6. The second kappa shape index (κ2) is 9.95. The summed E-state index contributed by atoms with van der Waals surface area (Å²) in [6.45, 7) is 17.7. The molecular weight excluding hydrogens is 406 g/mol. The minimum Gasteiger partial charge on any atom is -0.340 e. The maximum atomic E-state index is 13.1. The fraction of sp³-hybridized carbons (Fsp3) is 0.680. The summed E-state index contributed by atoms with van der Waals surface area (Å²) in [6.07, 6.45) is 0.868. The number of benzene rings is 1. The lowest BCUT2D eigenvalue weighted by molar-refractivity contribution is -0.136. The van der Waals surface area contributed by atoms with Gasteiger partial charge in [-0.05, 0) is 23.0 Å². The zero-order valence-corrected chi connectivity index (χ0v) is 20.9. The number of hydrogen-bond donors (Lipinski definition) is 0. The number of carbonyl (C=O) groups excluding carboxylic acids is 2. The number of hydrogen-bond acceptors (Lipinski definition) is 4. The summed E-state index contributed by atoms with van der Waals surface area (Å²) < 4.78 is 0. The maximum Gasteiger partial charge on any atom is 0.236 e. The quantitative estimate of drug-likeness (QED) is 0.660. The highest BCUT2D eigenvalue weighted by atomic mass is 32.2. The average molecular weight is 446 g/mol. The van der Waals surface area contributed by atoms with Gasteiger partial charge in [0.2, 0.25) is 11.8 Å². The molecule has 31 heavy (non-hydrogen) atoms. The van der Waals surface area contributed by atoms with Gasteiger partial charge >= 0.3 is 0 Å². The summed E-state index contributed by atoms with van der Waals surface area (Å²) in [4.78, 5) is 31.7.